The number of sulfonamides is 3. The predicted octanol–water partition coefficient (Wildman–Crippen LogP) is 17.5. The minimum absolute atomic E-state index is 0.0274. The molecular weight excluding hydrogens is 1390 g/mol. The smallest absolute Gasteiger partial charge is 0.275 e. The Bertz CT molecular complexity index is 4040. The molecule has 6 rings (SSSR count). The topological polar surface area (TPSA) is 219 Å². The third-order valence-electron chi connectivity index (χ3n) is 16.1. The van der Waals surface area contributed by atoms with E-state index in [0.29, 0.717) is 72.5 Å². The third kappa shape index (κ3) is 25.8. The number of aliphatic imine (C=N–C) groups is 2. The first-order valence-electron chi connectivity index (χ1n) is 33.0. The van der Waals surface area contributed by atoms with Crippen LogP contribution in [-0.2, 0) is 39.7 Å². The van der Waals surface area contributed by atoms with Gasteiger partial charge in [-0.1, -0.05) is 166 Å². The monoisotopic (exact) mass is 1490 g/mol. The zero-order valence-electron chi connectivity index (χ0n) is 58.0. The maximum Gasteiger partial charge on any atom is 0.275 e. The summed E-state index contributed by atoms with van der Waals surface area (Å²) < 4.78 is 81.1. The quantitative estimate of drug-likeness (QED) is 0.0215. The lowest BCUT2D eigenvalue weighted by Crippen LogP contribution is -2.34. The number of halogens is 5. The van der Waals surface area contributed by atoms with E-state index < -0.39 is 41.9 Å². The summed E-state index contributed by atoms with van der Waals surface area (Å²) >= 11 is 32.9. The first-order valence-corrected chi connectivity index (χ1v) is 40.1. The number of nitrogens with zero attached hydrogens (tertiary/aromatic N) is 5. The largest absolute Gasteiger partial charge is 0.370 e. The fraction of sp³-hybridized carbons (Fsp3) is 0.444. The lowest BCUT2D eigenvalue weighted by molar-refractivity contribution is -0.111. The van der Waals surface area contributed by atoms with Crippen LogP contribution in [0.5, 0.6) is 0 Å². The molecule has 0 aliphatic rings. The van der Waals surface area contributed by atoms with Crippen LogP contribution in [0.25, 0.3) is 0 Å². The Hall–Kier alpha value is -5.62. The summed E-state index contributed by atoms with van der Waals surface area (Å²) in [6, 6.07) is 28.4. The van der Waals surface area contributed by atoms with Crippen LogP contribution in [-0.4, -0.2) is 118 Å². The van der Waals surface area contributed by atoms with E-state index in [0.717, 1.165) is 121 Å². The van der Waals surface area contributed by atoms with Crippen molar-refractivity contribution in [2.45, 2.75) is 151 Å². The number of likely N-dealkylation sites (N-methyl/N-ethyl adjacent to an activating group) is 2. The van der Waals surface area contributed by atoms with E-state index in [-0.39, 0.29) is 55.2 Å². The number of carbonyl (C=O) groups is 2. The highest BCUT2D eigenvalue weighted by Crippen LogP contribution is 2.36. The average Bonchev–Trinajstić information content (AvgIpc) is 0.791. The van der Waals surface area contributed by atoms with Crippen molar-refractivity contribution in [2.75, 3.05) is 85.3 Å². The fourth-order valence-corrected chi connectivity index (χ4v) is 15.1. The summed E-state index contributed by atoms with van der Waals surface area (Å²) in [6.07, 6.45) is 14.8. The normalized spacial score (nSPS) is 12.2. The van der Waals surface area contributed by atoms with Crippen molar-refractivity contribution in [1.82, 2.24) is 13.7 Å². The van der Waals surface area contributed by atoms with E-state index in [4.69, 9.17) is 68.0 Å². The maximum absolute atomic E-state index is 14.4. The average molecular weight is 1490 g/mol. The summed E-state index contributed by atoms with van der Waals surface area (Å²) in [5, 5.41) is 6.71. The highest BCUT2D eigenvalue weighted by molar-refractivity contribution is 7.89. The van der Waals surface area contributed by atoms with E-state index in [1.165, 1.54) is 25.0 Å². The Morgan fingerprint density at radius 3 is 1.30 bits per heavy atom. The molecule has 530 valence electrons. The van der Waals surface area contributed by atoms with Crippen LogP contribution >= 0.6 is 58.0 Å². The van der Waals surface area contributed by atoms with Crippen LogP contribution in [0, 0.1) is 41.5 Å². The molecule has 2 amide bonds. The molecule has 0 saturated carbocycles. The molecule has 0 saturated heterocycles. The Kier molecular flexibility index (Phi) is 33.3. The molecule has 0 atom stereocenters. The van der Waals surface area contributed by atoms with Gasteiger partial charge in [-0.25, -0.2) is 44.7 Å². The molecule has 0 unspecified atom stereocenters. The van der Waals surface area contributed by atoms with E-state index >= 15 is 0 Å². The Morgan fingerprint density at radius 1 is 0.433 bits per heavy atom. The molecule has 0 radical (unpaired) electrons. The van der Waals surface area contributed by atoms with Crippen molar-refractivity contribution < 1.29 is 34.8 Å². The molecule has 6 aromatic carbocycles. The molecule has 25 heteroatoms. The Labute approximate surface area is 602 Å². The third-order valence-corrected chi connectivity index (χ3v) is 21.2. The number of unbranched alkanes of at least 4 members (excludes halogenated alkanes) is 10. The van der Waals surface area contributed by atoms with Crippen LogP contribution in [0.2, 0.25) is 25.1 Å². The van der Waals surface area contributed by atoms with Gasteiger partial charge < -0.3 is 20.4 Å². The van der Waals surface area contributed by atoms with Gasteiger partial charge in [0.2, 0.25) is 30.1 Å². The number of aryl methyl sites for hydroxylation is 6. The van der Waals surface area contributed by atoms with Gasteiger partial charge in [-0.05, 0) is 169 Å². The minimum atomic E-state index is -3.99. The minimum Gasteiger partial charge on any atom is -0.370 e. The van der Waals surface area contributed by atoms with Gasteiger partial charge in [-0.15, -0.1) is 0 Å². The van der Waals surface area contributed by atoms with Gasteiger partial charge in [0.15, 0.2) is 0 Å². The van der Waals surface area contributed by atoms with Crippen molar-refractivity contribution in [2.24, 2.45) is 9.98 Å². The van der Waals surface area contributed by atoms with Gasteiger partial charge >= 0.3 is 0 Å². The zero-order valence-corrected chi connectivity index (χ0v) is 64.2. The number of hydrogen-bond acceptors (Lipinski definition) is 12. The van der Waals surface area contributed by atoms with Gasteiger partial charge in [-0.3, -0.25) is 9.59 Å². The zero-order chi connectivity index (χ0) is 71.8. The number of hydrogen-bond donors (Lipinski definition) is 4. The molecule has 0 heterocycles. The summed E-state index contributed by atoms with van der Waals surface area (Å²) in [5.74, 6) is -1.05. The van der Waals surface area contributed by atoms with Crippen LogP contribution in [0.15, 0.2) is 112 Å². The highest BCUT2D eigenvalue weighted by Gasteiger charge is 2.30. The van der Waals surface area contributed by atoms with Crippen molar-refractivity contribution in [3.63, 3.8) is 0 Å². The second-order valence-corrected chi connectivity index (χ2v) is 31.9. The van der Waals surface area contributed by atoms with Crippen molar-refractivity contribution in [1.29, 1.82) is 0 Å². The molecule has 0 spiro atoms. The van der Waals surface area contributed by atoms with Crippen molar-refractivity contribution in [3.05, 3.63) is 167 Å². The van der Waals surface area contributed by atoms with Gasteiger partial charge in [-0.2, -0.15) is 4.31 Å². The van der Waals surface area contributed by atoms with Gasteiger partial charge in [0.1, 0.15) is 16.3 Å². The molecular formula is C72H96Cl5N9O8S3. The summed E-state index contributed by atoms with van der Waals surface area (Å²) in [4.78, 5) is 41.6. The standard InChI is InChI=1S/C45H67Cl2N5O5S2.C27H29Cl3N4O3S/c1-9-12-14-16-18-20-25-52(26-21-19-17-15-13-10-2)59(56,57)42-32-38(46)41(31-39(42)47)50-45(53)44(43-35(6)28-33(4)29-36(43)7)49-40-23-22-37(30-34(40)5)51(11-3)27-24-48-58(8,54)55;1-5-34(14-13-31-38(4,36)37)19-10-12-23(18(3)16-19)32-26(25-21(29)7-6-8-22(25)30)27(35)33-24-15-17(2)9-11-20(24)28/h22-23,28-32,48H,9-21,24-27H2,1-8H3,(H,50,53);6-12,15-16,31H,5,13-14H2,1-4H3,(H,33,35). The van der Waals surface area contributed by atoms with Crippen LogP contribution in [0.4, 0.5) is 34.1 Å². The van der Waals surface area contributed by atoms with E-state index in [1.807, 2.05) is 109 Å². The number of nitrogens with one attached hydrogen (secondary N) is 4. The number of benzene rings is 6. The first-order chi connectivity index (χ1) is 45.8. The number of rotatable bonds is 36. The molecule has 0 aliphatic carbocycles. The number of carbonyl (C=O) groups excluding carboxylic acids is 2. The second kappa shape index (κ2) is 39.4. The van der Waals surface area contributed by atoms with E-state index in [2.05, 4.69) is 38.8 Å². The van der Waals surface area contributed by atoms with Gasteiger partial charge in [0.05, 0.1) is 60.4 Å². The van der Waals surface area contributed by atoms with Crippen LogP contribution < -0.4 is 29.9 Å². The summed E-state index contributed by atoms with van der Waals surface area (Å²) in [6.45, 7) is 23.5. The number of anilines is 4. The molecule has 0 bridgehead atoms. The lowest BCUT2D eigenvalue weighted by atomic mass is 9.95. The highest BCUT2D eigenvalue weighted by atomic mass is 35.5. The van der Waals surface area contributed by atoms with Gasteiger partial charge in [0.25, 0.3) is 11.8 Å². The summed E-state index contributed by atoms with van der Waals surface area (Å²) in [7, 11) is -10.6. The molecule has 0 aromatic heterocycles. The predicted molar refractivity (Wildman–Crippen MR) is 409 cm³/mol. The van der Waals surface area contributed by atoms with E-state index in [1.54, 1.807) is 40.7 Å². The second-order valence-electron chi connectivity index (χ2n) is 24.3. The van der Waals surface area contributed by atoms with Crippen LogP contribution in [0.3, 0.4) is 0 Å². The Morgan fingerprint density at radius 2 is 0.866 bits per heavy atom. The van der Waals surface area contributed by atoms with Crippen molar-refractivity contribution >= 4 is 145 Å². The number of amides is 2. The van der Waals surface area contributed by atoms with Gasteiger partial charge in [0, 0.05) is 74.9 Å². The molecule has 17 nitrogen and oxygen atoms in total. The molecule has 0 aliphatic heterocycles. The Balaban J connectivity index is 0.000000384. The molecule has 0 fully saturated rings. The first kappa shape index (κ1) is 82.1. The maximum atomic E-state index is 14.4. The van der Waals surface area contributed by atoms with Crippen molar-refractivity contribution in [3.8, 4) is 0 Å². The lowest BCUT2D eigenvalue weighted by Gasteiger charge is -2.24. The molecule has 97 heavy (non-hydrogen) atoms. The summed E-state index contributed by atoms with van der Waals surface area (Å²) in [5.41, 5.74) is 10.0. The fourth-order valence-electron chi connectivity index (χ4n) is 11.1. The van der Waals surface area contributed by atoms with Crippen LogP contribution in [0.1, 0.15) is 149 Å². The molecule has 4 N–H and O–H groups in total. The van der Waals surface area contributed by atoms with E-state index in [9.17, 15) is 34.8 Å². The SMILES string of the molecule is CCCCCCCCN(CCCCCCCC)S(=O)(=O)c1cc(Cl)c(NC(=O)C(=Nc2ccc(N(CC)CCNS(C)(=O)=O)cc2C)c2c(C)cc(C)cc2C)cc1Cl.CCN(CCNS(C)(=O)=O)c1ccc(N=C(C(=O)Nc2cc(C)ccc2Cl)c2c(Cl)cccc2Cl)c(C)c1. The molecule has 6 aromatic rings.